The minimum absolute atomic E-state index is 0.0630. The molecular weight excluding hydrogens is 352 g/mol. The van der Waals surface area contributed by atoms with E-state index in [0.29, 0.717) is 23.1 Å². The molecule has 0 radical (unpaired) electrons. The summed E-state index contributed by atoms with van der Waals surface area (Å²) in [5.74, 6) is 0.151. The van der Waals surface area contributed by atoms with Crippen molar-refractivity contribution in [3.63, 3.8) is 0 Å². The van der Waals surface area contributed by atoms with Crippen molar-refractivity contribution >= 4 is 38.8 Å². The molecule has 0 atom stereocenters. The van der Waals surface area contributed by atoms with Crippen molar-refractivity contribution < 1.29 is 14.6 Å². The van der Waals surface area contributed by atoms with Crippen LogP contribution in [0.5, 0.6) is 11.5 Å². The van der Waals surface area contributed by atoms with Gasteiger partial charge in [0.05, 0.1) is 29.6 Å². The summed E-state index contributed by atoms with van der Waals surface area (Å²) in [6.07, 6.45) is 1.48. The van der Waals surface area contributed by atoms with Crippen LogP contribution in [-0.2, 0) is 4.79 Å². The molecule has 3 aromatic rings. The Balaban J connectivity index is 1.52. The lowest BCUT2D eigenvalue weighted by molar-refractivity contribution is -0.119. The van der Waals surface area contributed by atoms with Crippen molar-refractivity contribution in [1.82, 2.24) is 10.4 Å². The maximum atomic E-state index is 11.9. The SMILES string of the molecule is CCOc1cc(/C=N/NC(=O)CNc2nc3ccccc3s2)ccc1O. The Morgan fingerprint density at radius 2 is 2.19 bits per heavy atom. The van der Waals surface area contributed by atoms with Gasteiger partial charge in [-0.15, -0.1) is 0 Å². The lowest BCUT2D eigenvalue weighted by Gasteiger charge is -2.06. The predicted octanol–water partition coefficient (Wildman–Crippen LogP) is 2.96. The van der Waals surface area contributed by atoms with E-state index in [1.165, 1.54) is 23.6 Å². The Bertz CT molecular complexity index is 906. The number of hydrogen-bond donors (Lipinski definition) is 3. The first-order chi connectivity index (χ1) is 12.7. The number of ether oxygens (including phenoxy) is 1. The number of para-hydroxylation sites is 1. The number of aromatic nitrogens is 1. The van der Waals surface area contributed by atoms with Crippen molar-refractivity contribution in [1.29, 1.82) is 0 Å². The van der Waals surface area contributed by atoms with Gasteiger partial charge in [-0.3, -0.25) is 4.79 Å². The summed E-state index contributed by atoms with van der Waals surface area (Å²) in [7, 11) is 0. The first kappa shape index (κ1) is 17.7. The second kappa shape index (κ2) is 8.30. The van der Waals surface area contributed by atoms with Gasteiger partial charge in [-0.05, 0) is 42.8 Å². The molecule has 3 rings (SSSR count). The first-order valence-electron chi connectivity index (χ1n) is 8.03. The minimum atomic E-state index is -0.288. The van der Waals surface area contributed by atoms with Crippen molar-refractivity contribution in [3.8, 4) is 11.5 Å². The number of carbonyl (C=O) groups is 1. The molecule has 0 saturated heterocycles. The predicted molar refractivity (Wildman–Crippen MR) is 103 cm³/mol. The van der Waals surface area contributed by atoms with E-state index in [2.05, 4.69) is 20.8 Å². The minimum Gasteiger partial charge on any atom is -0.504 e. The summed E-state index contributed by atoms with van der Waals surface area (Å²) in [6, 6.07) is 12.6. The molecule has 1 heterocycles. The van der Waals surface area contributed by atoms with Gasteiger partial charge in [0.15, 0.2) is 16.6 Å². The largest absolute Gasteiger partial charge is 0.504 e. The lowest BCUT2D eigenvalue weighted by atomic mass is 10.2. The Kier molecular flexibility index (Phi) is 5.65. The molecule has 7 nitrogen and oxygen atoms in total. The highest BCUT2D eigenvalue weighted by Crippen LogP contribution is 2.26. The highest BCUT2D eigenvalue weighted by atomic mass is 32.1. The number of phenols is 1. The fourth-order valence-electron chi connectivity index (χ4n) is 2.20. The van der Waals surface area contributed by atoms with E-state index in [-0.39, 0.29) is 18.2 Å². The van der Waals surface area contributed by atoms with Crippen LogP contribution in [0.2, 0.25) is 0 Å². The van der Waals surface area contributed by atoms with Gasteiger partial charge in [-0.25, -0.2) is 10.4 Å². The number of aromatic hydroxyl groups is 1. The standard InChI is InChI=1S/C18H18N4O3S/c1-2-25-15-9-12(7-8-14(15)23)10-20-22-17(24)11-19-18-21-13-5-3-4-6-16(13)26-18/h3-10,23H,2,11H2,1H3,(H,19,21)(H,22,24)/b20-10+. The van der Waals surface area contributed by atoms with Gasteiger partial charge in [0, 0.05) is 0 Å². The highest BCUT2D eigenvalue weighted by Gasteiger charge is 2.05. The molecular formula is C18H18N4O3S. The van der Waals surface area contributed by atoms with Gasteiger partial charge in [-0.1, -0.05) is 23.5 Å². The maximum absolute atomic E-state index is 11.9. The third-order valence-corrected chi connectivity index (χ3v) is 4.37. The number of phenolic OH excluding ortho intramolecular Hbond substituents is 1. The van der Waals surface area contributed by atoms with E-state index in [0.717, 1.165) is 10.2 Å². The molecule has 2 aromatic carbocycles. The molecule has 3 N–H and O–H groups in total. The van der Waals surface area contributed by atoms with Crippen LogP contribution in [0.3, 0.4) is 0 Å². The molecule has 0 aliphatic heterocycles. The average molecular weight is 370 g/mol. The van der Waals surface area contributed by atoms with Crippen molar-refractivity contribution in [3.05, 3.63) is 48.0 Å². The van der Waals surface area contributed by atoms with E-state index in [1.807, 2.05) is 31.2 Å². The molecule has 0 spiro atoms. The Morgan fingerprint density at radius 1 is 1.35 bits per heavy atom. The van der Waals surface area contributed by atoms with Crippen molar-refractivity contribution in [2.45, 2.75) is 6.92 Å². The Labute approximate surface area is 154 Å². The monoisotopic (exact) mass is 370 g/mol. The van der Waals surface area contributed by atoms with Gasteiger partial charge >= 0.3 is 0 Å². The number of benzene rings is 2. The third kappa shape index (κ3) is 4.48. The quantitative estimate of drug-likeness (QED) is 0.439. The lowest BCUT2D eigenvalue weighted by Crippen LogP contribution is -2.25. The van der Waals surface area contributed by atoms with Gasteiger partial charge in [0.2, 0.25) is 0 Å². The van der Waals surface area contributed by atoms with E-state index in [9.17, 15) is 9.90 Å². The first-order valence-corrected chi connectivity index (χ1v) is 8.84. The van der Waals surface area contributed by atoms with E-state index < -0.39 is 0 Å². The average Bonchev–Trinajstić information content (AvgIpc) is 3.06. The molecule has 26 heavy (non-hydrogen) atoms. The van der Waals surface area contributed by atoms with Crippen LogP contribution < -0.4 is 15.5 Å². The number of fused-ring (bicyclic) bond motifs is 1. The Hall–Kier alpha value is -3.13. The zero-order valence-electron chi connectivity index (χ0n) is 14.1. The number of hydrazone groups is 1. The Morgan fingerprint density at radius 3 is 3.00 bits per heavy atom. The van der Waals surface area contributed by atoms with Crippen LogP contribution >= 0.6 is 11.3 Å². The number of amides is 1. The summed E-state index contributed by atoms with van der Waals surface area (Å²) in [4.78, 5) is 16.3. The van der Waals surface area contributed by atoms with Crippen molar-refractivity contribution in [2.75, 3.05) is 18.5 Å². The fraction of sp³-hybridized carbons (Fsp3) is 0.167. The molecule has 8 heteroatoms. The summed E-state index contributed by atoms with van der Waals surface area (Å²) in [6.45, 7) is 2.35. The van der Waals surface area contributed by atoms with E-state index in [4.69, 9.17) is 4.74 Å². The smallest absolute Gasteiger partial charge is 0.259 e. The molecule has 134 valence electrons. The van der Waals surface area contributed by atoms with Crippen LogP contribution in [0.1, 0.15) is 12.5 Å². The number of carbonyl (C=O) groups excluding carboxylic acids is 1. The molecule has 0 aliphatic rings. The molecule has 0 fully saturated rings. The van der Waals surface area contributed by atoms with Crippen LogP contribution in [0, 0.1) is 0 Å². The molecule has 1 amide bonds. The normalized spacial score (nSPS) is 11.0. The molecule has 0 aliphatic carbocycles. The van der Waals surface area contributed by atoms with Crippen LogP contribution in [0.4, 0.5) is 5.13 Å². The molecule has 0 saturated carbocycles. The van der Waals surface area contributed by atoms with Crippen LogP contribution in [0.15, 0.2) is 47.6 Å². The van der Waals surface area contributed by atoms with Gasteiger partial charge in [0.1, 0.15) is 0 Å². The van der Waals surface area contributed by atoms with Crippen LogP contribution in [-0.4, -0.2) is 35.4 Å². The molecule has 0 bridgehead atoms. The van der Waals surface area contributed by atoms with E-state index in [1.54, 1.807) is 12.1 Å². The highest BCUT2D eigenvalue weighted by molar-refractivity contribution is 7.22. The number of thiazole rings is 1. The second-order valence-electron chi connectivity index (χ2n) is 5.29. The topological polar surface area (TPSA) is 95.8 Å². The maximum Gasteiger partial charge on any atom is 0.259 e. The fourth-order valence-corrected chi connectivity index (χ4v) is 3.07. The number of nitrogens with zero attached hydrogens (tertiary/aromatic N) is 2. The molecule has 1 aromatic heterocycles. The van der Waals surface area contributed by atoms with Gasteiger partial charge < -0.3 is 15.2 Å². The van der Waals surface area contributed by atoms with Gasteiger partial charge in [0.25, 0.3) is 5.91 Å². The summed E-state index contributed by atoms with van der Waals surface area (Å²) in [5, 5.41) is 17.2. The zero-order chi connectivity index (χ0) is 18.4. The second-order valence-corrected chi connectivity index (χ2v) is 6.32. The number of anilines is 1. The summed E-state index contributed by atoms with van der Waals surface area (Å²) >= 11 is 1.49. The summed E-state index contributed by atoms with van der Waals surface area (Å²) < 4.78 is 6.36. The third-order valence-electron chi connectivity index (χ3n) is 3.38. The summed E-state index contributed by atoms with van der Waals surface area (Å²) in [5.41, 5.74) is 4.04. The molecule has 0 unspecified atom stereocenters. The number of rotatable bonds is 7. The van der Waals surface area contributed by atoms with Gasteiger partial charge in [-0.2, -0.15) is 5.10 Å². The zero-order valence-corrected chi connectivity index (χ0v) is 14.9. The van der Waals surface area contributed by atoms with Crippen LogP contribution in [0.25, 0.3) is 10.2 Å². The number of nitrogens with one attached hydrogen (secondary N) is 2. The van der Waals surface area contributed by atoms with E-state index >= 15 is 0 Å². The number of hydrogen-bond acceptors (Lipinski definition) is 7. The van der Waals surface area contributed by atoms with Crippen molar-refractivity contribution in [2.24, 2.45) is 5.10 Å².